The Bertz CT molecular complexity index is 593. The first kappa shape index (κ1) is 10.3. The highest BCUT2D eigenvalue weighted by Crippen LogP contribution is 2.14. The summed E-state index contributed by atoms with van der Waals surface area (Å²) in [5.41, 5.74) is 0.838. The van der Waals surface area contributed by atoms with Crippen LogP contribution in [0.2, 0.25) is 0 Å². The zero-order chi connectivity index (χ0) is 11.4. The van der Waals surface area contributed by atoms with Crippen molar-refractivity contribution in [3.8, 4) is 23.7 Å². The van der Waals surface area contributed by atoms with Crippen LogP contribution in [-0.4, -0.2) is 5.11 Å². The molecular weight excluding hydrogens is 218 g/mol. The van der Waals surface area contributed by atoms with Crippen LogP contribution in [0.5, 0.6) is 5.75 Å². The molecular formula is C13H7NOS. The third kappa shape index (κ3) is 2.42. The van der Waals surface area contributed by atoms with E-state index in [1.807, 2.05) is 6.07 Å². The van der Waals surface area contributed by atoms with Crippen molar-refractivity contribution in [1.29, 1.82) is 5.26 Å². The molecule has 1 aromatic carbocycles. The minimum absolute atomic E-state index is 0.230. The Hall–Kier alpha value is -2.23. The summed E-state index contributed by atoms with van der Waals surface area (Å²) in [6.45, 7) is 0. The number of rotatable bonds is 0. The summed E-state index contributed by atoms with van der Waals surface area (Å²) < 4.78 is 0. The molecule has 16 heavy (non-hydrogen) atoms. The third-order valence-corrected chi connectivity index (χ3v) is 2.82. The lowest BCUT2D eigenvalue weighted by atomic mass is 10.2. The number of aromatic hydroxyl groups is 1. The Kier molecular flexibility index (Phi) is 2.91. The van der Waals surface area contributed by atoms with E-state index in [-0.39, 0.29) is 5.75 Å². The van der Waals surface area contributed by atoms with E-state index in [4.69, 9.17) is 10.4 Å². The molecule has 0 aliphatic heterocycles. The molecule has 0 amide bonds. The smallest absolute Gasteiger partial charge is 0.115 e. The number of nitrogens with zero attached hydrogens (tertiary/aromatic N) is 1. The Balaban J connectivity index is 2.22. The van der Waals surface area contributed by atoms with Crippen LogP contribution < -0.4 is 0 Å². The maximum atomic E-state index is 9.09. The van der Waals surface area contributed by atoms with E-state index in [9.17, 15) is 0 Å². The van der Waals surface area contributed by atoms with Crippen molar-refractivity contribution < 1.29 is 5.11 Å². The highest BCUT2D eigenvalue weighted by atomic mass is 32.1. The van der Waals surface area contributed by atoms with Gasteiger partial charge in [-0.05, 0) is 36.4 Å². The van der Waals surface area contributed by atoms with E-state index in [1.165, 1.54) is 11.3 Å². The number of benzene rings is 1. The van der Waals surface area contributed by atoms with Crippen molar-refractivity contribution in [2.45, 2.75) is 0 Å². The highest BCUT2D eigenvalue weighted by molar-refractivity contribution is 7.13. The summed E-state index contributed by atoms with van der Waals surface area (Å²) in [6, 6.07) is 12.4. The number of hydrogen-bond donors (Lipinski definition) is 1. The second-order valence-electron chi connectivity index (χ2n) is 3.07. The molecule has 0 saturated carbocycles. The van der Waals surface area contributed by atoms with E-state index >= 15 is 0 Å². The quantitative estimate of drug-likeness (QED) is 0.700. The van der Waals surface area contributed by atoms with Crippen molar-refractivity contribution in [3.63, 3.8) is 0 Å². The largest absolute Gasteiger partial charge is 0.508 e. The van der Waals surface area contributed by atoms with Gasteiger partial charge in [-0.15, -0.1) is 11.3 Å². The fraction of sp³-hybridized carbons (Fsp3) is 0. The van der Waals surface area contributed by atoms with Gasteiger partial charge in [0.2, 0.25) is 0 Å². The van der Waals surface area contributed by atoms with Crippen LogP contribution in [0.25, 0.3) is 0 Å². The molecule has 0 unspecified atom stereocenters. The van der Waals surface area contributed by atoms with Crippen LogP contribution in [0, 0.1) is 23.2 Å². The lowest BCUT2D eigenvalue weighted by molar-refractivity contribution is 0.475. The zero-order valence-electron chi connectivity index (χ0n) is 8.27. The van der Waals surface area contributed by atoms with E-state index in [0.29, 0.717) is 4.88 Å². The van der Waals surface area contributed by atoms with Crippen LogP contribution in [-0.2, 0) is 0 Å². The number of phenolic OH excluding ortho intramolecular Hbond substituents is 1. The molecule has 0 saturated heterocycles. The average Bonchev–Trinajstić information content (AvgIpc) is 2.76. The minimum Gasteiger partial charge on any atom is -0.508 e. The summed E-state index contributed by atoms with van der Waals surface area (Å²) >= 11 is 1.37. The van der Waals surface area contributed by atoms with Gasteiger partial charge in [-0.25, -0.2) is 0 Å². The van der Waals surface area contributed by atoms with Gasteiger partial charge in [0.25, 0.3) is 0 Å². The van der Waals surface area contributed by atoms with Gasteiger partial charge < -0.3 is 5.11 Å². The second-order valence-corrected chi connectivity index (χ2v) is 4.16. The van der Waals surface area contributed by atoms with E-state index in [0.717, 1.165) is 10.4 Å². The molecule has 2 aromatic rings. The summed E-state index contributed by atoms with van der Waals surface area (Å²) in [5, 5.41) is 17.7. The number of thiophene rings is 1. The number of phenols is 1. The molecule has 0 bridgehead atoms. The normalized spacial score (nSPS) is 8.94. The van der Waals surface area contributed by atoms with Gasteiger partial charge in [0.05, 0.1) is 4.88 Å². The molecule has 76 valence electrons. The topological polar surface area (TPSA) is 44.0 Å². The van der Waals surface area contributed by atoms with E-state index in [2.05, 4.69) is 17.9 Å². The standard InChI is InChI=1S/C13H7NOS/c14-9-13-8-7-12(16-13)6-3-10-1-4-11(15)5-2-10/h1-2,4-5,7-8,15H. The maximum Gasteiger partial charge on any atom is 0.115 e. The lowest BCUT2D eigenvalue weighted by Gasteiger charge is -1.90. The first-order chi connectivity index (χ1) is 7.78. The first-order valence-electron chi connectivity index (χ1n) is 4.59. The molecule has 0 aliphatic carbocycles. The summed E-state index contributed by atoms with van der Waals surface area (Å²) in [5.74, 6) is 6.17. The molecule has 2 rings (SSSR count). The first-order valence-corrected chi connectivity index (χ1v) is 5.40. The van der Waals surface area contributed by atoms with Gasteiger partial charge in [0.1, 0.15) is 16.7 Å². The Morgan fingerprint density at radius 2 is 1.62 bits per heavy atom. The van der Waals surface area contributed by atoms with Crippen LogP contribution in [0.1, 0.15) is 15.3 Å². The van der Waals surface area contributed by atoms with Gasteiger partial charge in [-0.1, -0.05) is 11.8 Å². The molecule has 1 heterocycles. The fourth-order valence-corrected chi connectivity index (χ4v) is 1.80. The molecule has 0 fully saturated rings. The average molecular weight is 225 g/mol. The third-order valence-electron chi connectivity index (χ3n) is 1.91. The fourth-order valence-electron chi connectivity index (χ4n) is 1.14. The molecule has 3 heteroatoms. The summed E-state index contributed by atoms with van der Waals surface area (Å²) in [4.78, 5) is 1.53. The van der Waals surface area contributed by atoms with Gasteiger partial charge >= 0.3 is 0 Å². The van der Waals surface area contributed by atoms with Crippen LogP contribution in [0.3, 0.4) is 0 Å². The van der Waals surface area contributed by atoms with E-state index < -0.39 is 0 Å². The van der Waals surface area contributed by atoms with Crippen molar-refractivity contribution >= 4 is 11.3 Å². The van der Waals surface area contributed by atoms with Gasteiger partial charge in [0.15, 0.2) is 0 Å². The summed E-state index contributed by atoms with van der Waals surface area (Å²) in [7, 11) is 0. The Morgan fingerprint density at radius 1 is 0.938 bits per heavy atom. The molecule has 0 atom stereocenters. The van der Waals surface area contributed by atoms with Crippen LogP contribution in [0.15, 0.2) is 36.4 Å². The molecule has 0 spiro atoms. The second kappa shape index (κ2) is 4.53. The van der Waals surface area contributed by atoms with E-state index in [1.54, 1.807) is 30.3 Å². The Labute approximate surface area is 97.4 Å². The highest BCUT2D eigenvalue weighted by Gasteiger charge is 1.94. The van der Waals surface area contributed by atoms with Crippen molar-refractivity contribution in [3.05, 3.63) is 51.7 Å². The number of hydrogen-bond acceptors (Lipinski definition) is 3. The minimum atomic E-state index is 0.230. The Morgan fingerprint density at radius 3 is 2.25 bits per heavy atom. The molecule has 1 aromatic heterocycles. The predicted octanol–water partition coefficient (Wildman–Crippen LogP) is 2.73. The van der Waals surface area contributed by atoms with Crippen LogP contribution >= 0.6 is 11.3 Å². The predicted molar refractivity (Wildman–Crippen MR) is 63.1 cm³/mol. The van der Waals surface area contributed by atoms with Gasteiger partial charge in [-0.2, -0.15) is 5.26 Å². The monoisotopic (exact) mass is 225 g/mol. The zero-order valence-corrected chi connectivity index (χ0v) is 9.08. The molecule has 0 aliphatic rings. The molecule has 0 radical (unpaired) electrons. The maximum absolute atomic E-state index is 9.09. The van der Waals surface area contributed by atoms with Gasteiger partial charge in [-0.3, -0.25) is 0 Å². The van der Waals surface area contributed by atoms with Crippen molar-refractivity contribution in [2.75, 3.05) is 0 Å². The SMILES string of the molecule is N#Cc1ccc(C#Cc2ccc(O)cc2)s1. The van der Waals surface area contributed by atoms with Crippen molar-refractivity contribution in [1.82, 2.24) is 0 Å². The summed E-state index contributed by atoms with van der Waals surface area (Å²) in [6.07, 6.45) is 0. The van der Waals surface area contributed by atoms with Crippen molar-refractivity contribution in [2.24, 2.45) is 0 Å². The number of nitriles is 1. The molecule has 1 N–H and O–H groups in total. The lowest BCUT2D eigenvalue weighted by Crippen LogP contribution is -1.72. The van der Waals surface area contributed by atoms with Crippen LogP contribution in [0.4, 0.5) is 0 Å². The molecule has 2 nitrogen and oxygen atoms in total. The van der Waals surface area contributed by atoms with Gasteiger partial charge in [0, 0.05) is 5.56 Å².